The highest BCUT2D eigenvalue weighted by Gasteiger charge is 2.12. The van der Waals surface area contributed by atoms with Crippen molar-refractivity contribution in [1.82, 2.24) is 0 Å². The molecule has 14 heavy (non-hydrogen) atoms. The van der Waals surface area contributed by atoms with Gasteiger partial charge in [0.05, 0.1) is 0 Å². The predicted octanol–water partition coefficient (Wildman–Crippen LogP) is 2.59. The van der Waals surface area contributed by atoms with Crippen LogP contribution in [0.4, 0.5) is 5.69 Å². The van der Waals surface area contributed by atoms with Crippen LogP contribution in [0.25, 0.3) is 0 Å². The van der Waals surface area contributed by atoms with Gasteiger partial charge in [-0.05, 0) is 31.9 Å². The minimum Gasteiger partial charge on any atom is -0.382 e. The molecular weight excluding hydrogens is 174 g/mol. The van der Waals surface area contributed by atoms with E-state index in [9.17, 15) is 0 Å². The molecule has 1 N–H and O–H groups in total. The lowest BCUT2D eigenvalue weighted by atomic mass is 10.1. The van der Waals surface area contributed by atoms with E-state index in [1.165, 1.54) is 11.3 Å². The standard InChI is InChI=1S/C12H17NO/c1-10-2-4-11(5-3-10)13-12-6-8-14-9-7-12/h2-5,12-13H,6-9H2,1H3. The second-order valence-corrected chi connectivity index (χ2v) is 3.90. The molecule has 0 spiro atoms. The van der Waals surface area contributed by atoms with Crippen molar-refractivity contribution in [2.75, 3.05) is 18.5 Å². The van der Waals surface area contributed by atoms with Gasteiger partial charge in [0.15, 0.2) is 0 Å². The maximum absolute atomic E-state index is 5.32. The third-order valence-electron chi connectivity index (χ3n) is 2.64. The number of anilines is 1. The minimum atomic E-state index is 0.589. The summed E-state index contributed by atoms with van der Waals surface area (Å²) >= 11 is 0. The summed E-state index contributed by atoms with van der Waals surface area (Å²) in [6.07, 6.45) is 2.24. The van der Waals surface area contributed by atoms with Crippen molar-refractivity contribution in [3.05, 3.63) is 29.8 Å². The molecule has 2 heteroatoms. The van der Waals surface area contributed by atoms with E-state index >= 15 is 0 Å². The monoisotopic (exact) mass is 191 g/mol. The number of hydrogen-bond donors (Lipinski definition) is 1. The predicted molar refractivity (Wildman–Crippen MR) is 58.6 cm³/mol. The molecule has 0 atom stereocenters. The second kappa shape index (κ2) is 4.47. The Balaban J connectivity index is 1.92. The SMILES string of the molecule is Cc1ccc(NC2CCOCC2)cc1. The normalized spacial score (nSPS) is 18.1. The fraction of sp³-hybridized carbons (Fsp3) is 0.500. The van der Waals surface area contributed by atoms with Crippen LogP contribution >= 0.6 is 0 Å². The van der Waals surface area contributed by atoms with Crippen molar-refractivity contribution in [3.8, 4) is 0 Å². The van der Waals surface area contributed by atoms with E-state index in [1.807, 2.05) is 0 Å². The van der Waals surface area contributed by atoms with E-state index in [1.54, 1.807) is 0 Å². The van der Waals surface area contributed by atoms with Crippen molar-refractivity contribution in [3.63, 3.8) is 0 Å². The van der Waals surface area contributed by atoms with Crippen molar-refractivity contribution < 1.29 is 4.74 Å². The molecule has 2 nitrogen and oxygen atoms in total. The Labute approximate surface area is 85.3 Å². The van der Waals surface area contributed by atoms with Gasteiger partial charge >= 0.3 is 0 Å². The summed E-state index contributed by atoms with van der Waals surface area (Å²) in [4.78, 5) is 0. The largest absolute Gasteiger partial charge is 0.382 e. The molecule has 1 fully saturated rings. The summed E-state index contributed by atoms with van der Waals surface area (Å²) in [5.74, 6) is 0. The Kier molecular flexibility index (Phi) is 3.04. The van der Waals surface area contributed by atoms with Crippen molar-refractivity contribution in [1.29, 1.82) is 0 Å². The molecule has 1 saturated heterocycles. The van der Waals surface area contributed by atoms with Gasteiger partial charge in [-0.25, -0.2) is 0 Å². The van der Waals surface area contributed by atoms with Crippen molar-refractivity contribution >= 4 is 5.69 Å². The Bertz CT molecular complexity index is 275. The summed E-state index contributed by atoms with van der Waals surface area (Å²) in [5.41, 5.74) is 2.53. The molecule has 1 aliphatic heterocycles. The molecule has 0 amide bonds. The lowest BCUT2D eigenvalue weighted by Gasteiger charge is -2.24. The number of benzene rings is 1. The second-order valence-electron chi connectivity index (χ2n) is 3.90. The van der Waals surface area contributed by atoms with Gasteiger partial charge in [-0.1, -0.05) is 17.7 Å². The average molecular weight is 191 g/mol. The van der Waals surface area contributed by atoms with Gasteiger partial charge in [0.2, 0.25) is 0 Å². The van der Waals surface area contributed by atoms with Crippen LogP contribution in [0.5, 0.6) is 0 Å². The third kappa shape index (κ3) is 2.48. The van der Waals surface area contributed by atoms with Gasteiger partial charge in [0.1, 0.15) is 0 Å². The molecule has 1 aliphatic rings. The van der Waals surface area contributed by atoms with Crippen LogP contribution in [0.3, 0.4) is 0 Å². The number of aryl methyl sites for hydroxylation is 1. The molecule has 0 unspecified atom stereocenters. The first-order valence-corrected chi connectivity index (χ1v) is 5.25. The topological polar surface area (TPSA) is 21.3 Å². The van der Waals surface area contributed by atoms with Gasteiger partial charge < -0.3 is 10.1 Å². The van der Waals surface area contributed by atoms with Crippen LogP contribution in [-0.2, 0) is 4.74 Å². The van der Waals surface area contributed by atoms with E-state index in [2.05, 4.69) is 36.5 Å². The highest BCUT2D eigenvalue weighted by molar-refractivity contribution is 5.45. The lowest BCUT2D eigenvalue weighted by Crippen LogP contribution is -2.27. The van der Waals surface area contributed by atoms with E-state index in [4.69, 9.17) is 4.74 Å². The molecule has 1 heterocycles. The quantitative estimate of drug-likeness (QED) is 0.775. The first-order valence-electron chi connectivity index (χ1n) is 5.25. The van der Waals surface area contributed by atoms with Crippen LogP contribution in [0.15, 0.2) is 24.3 Å². The molecule has 0 saturated carbocycles. The van der Waals surface area contributed by atoms with Crippen LogP contribution in [0, 0.1) is 6.92 Å². The van der Waals surface area contributed by atoms with Crippen LogP contribution < -0.4 is 5.32 Å². The Morgan fingerprint density at radius 1 is 1.14 bits per heavy atom. The van der Waals surface area contributed by atoms with E-state index < -0.39 is 0 Å². The van der Waals surface area contributed by atoms with Gasteiger partial charge in [0.25, 0.3) is 0 Å². The molecule has 0 aromatic heterocycles. The summed E-state index contributed by atoms with van der Waals surface area (Å²) in [6, 6.07) is 9.16. The average Bonchev–Trinajstić information content (AvgIpc) is 2.23. The maximum atomic E-state index is 5.32. The summed E-state index contributed by atoms with van der Waals surface area (Å²) in [7, 11) is 0. The van der Waals surface area contributed by atoms with Crippen molar-refractivity contribution in [2.24, 2.45) is 0 Å². The van der Waals surface area contributed by atoms with Crippen molar-refractivity contribution in [2.45, 2.75) is 25.8 Å². The smallest absolute Gasteiger partial charge is 0.0485 e. The highest BCUT2D eigenvalue weighted by Crippen LogP contribution is 2.15. The fourth-order valence-electron chi connectivity index (χ4n) is 1.73. The number of rotatable bonds is 2. The van der Waals surface area contributed by atoms with Gasteiger partial charge in [-0.3, -0.25) is 0 Å². The molecular formula is C12H17NO. The highest BCUT2D eigenvalue weighted by atomic mass is 16.5. The van der Waals surface area contributed by atoms with E-state index in [0.717, 1.165) is 26.1 Å². The molecule has 0 radical (unpaired) electrons. The maximum Gasteiger partial charge on any atom is 0.0485 e. The first-order chi connectivity index (χ1) is 6.84. The fourth-order valence-corrected chi connectivity index (χ4v) is 1.73. The lowest BCUT2D eigenvalue weighted by molar-refractivity contribution is 0.0904. The van der Waals surface area contributed by atoms with Gasteiger partial charge in [-0.15, -0.1) is 0 Å². The van der Waals surface area contributed by atoms with Crippen LogP contribution in [0.2, 0.25) is 0 Å². The van der Waals surface area contributed by atoms with Gasteiger partial charge in [-0.2, -0.15) is 0 Å². The zero-order valence-electron chi connectivity index (χ0n) is 8.62. The van der Waals surface area contributed by atoms with E-state index in [0.29, 0.717) is 6.04 Å². The Hall–Kier alpha value is -1.02. The molecule has 2 rings (SSSR count). The Morgan fingerprint density at radius 3 is 2.43 bits per heavy atom. The third-order valence-corrected chi connectivity index (χ3v) is 2.64. The molecule has 0 bridgehead atoms. The number of nitrogens with one attached hydrogen (secondary N) is 1. The molecule has 1 aromatic rings. The summed E-state index contributed by atoms with van der Waals surface area (Å²) in [5, 5.41) is 3.53. The van der Waals surface area contributed by atoms with Gasteiger partial charge in [0, 0.05) is 24.9 Å². The molecule has 76 valence electrons. The van der Waals surface area contributed by atoms with Crippen LogP contribution in [0.1, 0.15) is 18.4 Å². The number of hydrogen-bond acceptors (Lipinski definition) is 2. The molecule has 1 aromatic carbocycles. The summed E-state index contributed by atoms with van der Waals surface area (Å²) in [6.45, 7) is 3.89. The van der Waals surface area contributed by atoms with E-state index in [-0.39, 0.29) is 0 Å². The summed E-state index contributed by atoms with van der Waals surface area (Å²) < 4.78 is 5.32. The Morgan fingerprint density at radius 2 is 1.79 bits per heavy atom. The minimum absolute atomic E-state index is 0.589. The zero-order valence-corrected chi connectivity index (χ0v) is 8.62. The number of ether oxygens (including phenoxy) is 1. The zero-order chi connectivity index (χ0) is 9.80. The first kappa shape index (κ1) is 9.53. The molecule has 0 aliphatic carbocycles. The van der Waals surface area contributed by atoms with Crippen LogP contribution in [-0.4, -0.2) is 19.3 Å².